The van der Waals surface area contributed by atoms with Gasteiger partial charge in [0.05, 0.1) is 4.90 Å². The van der Waals surface area contributed by atoms with Crippen molar-refractivity contribution in [3.63, 3.8) is 0 Å². The Balaban J connectivity index is 1.87. The van der Waals surface area contributed by atoms with Crippen molar-refractivity contribution >= 4 is 33.2 Å². The second-order valence-corrected chi connectivity index (χ2v) is 9.44. The fraction of sp³-hybridized carbons (Fsp3) is 0.350. The van der Waals surface area contributed by atoms with E-state index in [0.29, 0.717) is 48.0 Å². The van der Waals surface area contributed by atoms with Crippen LogP contribution in [-0.2, 0) is 10.0 Å². The van der Waals surface area contributed by atoms with Crippen LogP contribution in [0.15, 0.2) is 41.3 Å². The van der Waals surface area contributed by atoms with Crippen LogP contribution in [0.2, 0.25) is 5.02 Å². The number of nitrogens with zero attached hydrogens (tertiary/aromatic N) is 2. The second-order valence-electron chi connectivity index (χ2n) is 7.10. The summed E-state index contributed by atoms with van der Waals surface area (Å²) in [5, 5.41) is 3.41. The van der Waals surface area contributed by atoms with E-state index >= 15 is 0 Å². The first-order valence-electron chi connectivity index (χ1n) is 9.05. The number of hydrogen-bond donors (Lipinski definition) is 1. The van der Waals surface area contributed by atoms with E-state index in [2.05, 4.69) is 10.2 Å². The van der Waals surface area contributed by atoms with Gasteiger partial charge in [-0.25, -0.2) is 8.42 Å². The number of carbonyl (C=O) groups is 1. The molecule has 8 heteroatoms. The predicted molar refractivity (Wildman–Crippen MR) is 112 cm³/mol. The Morgan fingerprint density at radius 2 is 1.68 bits per heavy atom. The van der Waals surface area contributed by atoms with Crippen LogP contribution in [0.1, 0.15) is 21.5 Å². The second kappa shape index (κ2) is 8.21. The summed E-state index contributed by atoms with van der Waals surface area (Å²) in [5.74, 6) is -0.361. The molecule has 28 heavy (non-hydrogen) atoms. The van der Waals surface area contributed by atoms with Gasteiger partial charge in [0.1, 0.15) is 0 Å². The lowest BCUT2D eigenvalue weighted by molar-refractivity contribution is 0.102. The highest BCUT2D eigenvalue weighted by Gasteiger charge is 2.29. The van der Waals surface area contributed by atoms with Crippen molar-refractivity contribution in [3.8, 4) is 0 Å². The Morgan fingerprint density at radius 3 is 2.32 bits per heavy atom. The Kier molecular flexibility index (Phi) is 6.09. The van der Waals surface area contributed by atoms with E-state index in [0.717, 1.165) is 5.56 Å². The van der Waals surface area contributed by atoms with Gasteiger partial charge < -0.3 is 10.2 Å². The molecule has 0 aromatic heterocycles. The molecule has 0 saturated carbocycles. The maximum absolute atomic E-state index is 13.1. The lowest BCUT2D eigenvalue weighted by atomic mass is 10.1. The molecule has 0 atom stereocenters. The van der Waals surface area contributed by atoms with Gasteiger partial charge in [0, 0.05) is 42.5 Å². The Bertz CT molecular complexity index is 1000. The van der Waals surface area contributed by atoms with Gasteiger partial charge in [-0.1, -0.05) is 17.7 Å². The van der Waals surface area contributed by atoms with Crippen LogP contribution < -0.4 is 5.32 Å². The van der Waals surface area contributed by atoms with E-state index in [1.165, 1.54) is 10.4 Å². The molecule has 150 valence electrons. The molecule has 0 radical (unpaired) electrons. The molecule has 2 aromatic rings. The minimum absolute atomic E-state index is 0.178. The zero-order valence-corrected chi connectivity index (χ0v) is 17.8. The molecular weight excluding hydrogens is 398 g/mol. The smallest absolute Gasteiger partial charge is 0.255 e. The van der Waals surface area contributed by atoms with Gasteiger partial charge in [-0.3, -0.25) is 4.79 Å². The van der Waals surface area contributed by atoms with Gasteiger partial charge in [0.25, 0.3) is 5.91 Å². The molecule has 0 bridgehead atoms. The summed E-state index contributed by atoms with van der Waals surface area (Å²) in [7, 11) is -1.68. The fourth-order valence-electron chi connectivity index (χ4n) is 3.15. The van der Waals surface area contributed by atoms with Crippen molar-refractivity contribution in [3.05, 3.63) is 58.1 Å². The average Bonchev–Trinajstić information content (AvgIpc) is 2.64. The van der Waals surface area contributed by atoms with E-state index in [1.807, 2.05) is 14.0 Å². The molecule has 1 aliphatic heterocycles. The van der Waals surface area contributed by atoms with Crippen LogP contribution >= 0.6 is 11.6 Å². The largest absolute Gasteiger partial charge is 0.322 e. The number of piperazine rings is 1. The van der Waals surface area contributed by atoms with Crippen LogP contribution in [0.5, 0.6) is 0 Å². The molecule has 1 heterocycles. The van der Waals surface area contributed by atoms with Gasteiger partial charge in [-0.15, -0.1) is 0 Å². The quantitative estimate of drug-likeness (QED) is 0.823. The van der Waals surface area contributed by atoms with Gasteiger partial charge in [0.15, 0.2) is 0 Å². The summed E-state index contributed by atoms with van der Waals surface area (Å²) in [6.07, 6.45) is 0. The molecule has 0 spiro atoms. The van der Waals surface area contributed by atoms with Crippen LogP contribution in [0, 0.1) is 13.8 Å². The monoisotopic (exact) mass is 421 g/mol. The number of carbonyl (C=O) groups excluding carboxylic acids is 1. The van der Waals surface area contributed by atoms with E-state index in [1.54, 1.807) is 37.3 Å². The highest BCUT2D eigenvalue weighted by Crippen LogP contribution is 2.24. The third kappa shape index (κ3) is 4.38. The Hall–Kier alpha value is -1.93. The molecule has 1 N–H and O–H groups in total. The van der Waals surface area contributed by atoms with Crippen LogP contribution in [-0.4, -0.2) is 56.8 Å². The van der Waals surface area contributed by atoms with E-state index < -0.39 is 10.0 Å². The number of likely N-dealkylation sites (N-methyl/N-ethyl adjacent to an activating group) is 1. The zero-order valence-electron chi connectivity index (χ0n) is 16.2. The van der Waals surface area contributed by atoms with Crippen molar-refractivity contribution in [2.75, 3.05) is 38.5 Å². The molecule has 0 unspecified atom stereocenters. The highest BCUT2D eigenvalue weighted by atomic mass is 35.5. The summed E-state index contributed by atoms with van der Waals surface area (Å²) in [6.45, 7) is 5.85. The number of rotatable bonds is 4. The minimum atomic E-state index is -3.65. The third-order valence-corrected chi connectivity index (χ3v) is 7.24. The van der Waals surface area contributed by atoms with Crippen molar-refractivity contribution in [2.45, 2.75) is 18.7 Å². The summed E-state index contributed by atoms with van der Waals surface area (Å²) < 4.78 is 27.7. The van der Waals surface area contributed by atoms with Gasteiger partial charge in [-0.05, 0) is 62.4 Å². The van der Waals surface area contributed by atoms with Gasteiger partial charge >= 0.3 is 0 Å². The first kappa shape index (κ1) is 20.8. The van der Waals surface area contributed by atoms with Crippen molar-refractivity contribution < 1.29 is 13.2 Å². The topological polar surface area (TPSA) is 69.7 Å². The molecule has 1 aliphatic rings. The van der Waals surface area contributed by atoms with Gasteiger partial charge in [-0.2, -0.15) is 4.31 Å². The molecule has 2 aromatic carbocycles. The molecule has 1 fully saturated rings. The van der Waals surface area contributed by atoms with Crippen LogP contribution in [0.3, 0.4) is 0 Å². The number of nitrogens with one attached hydrogen (secondary N) is 1. The SMILES string of the molecule is Cc1cc(Cl)ccc1NC(=O)c1ccc(C)c(S(=O)(=O)N2CCN(C)CC2)c1. The number of benzene rings is 2. The molecule has 6 nitrogen and oxygen atoms in total. The lowest BCUT2D eigenvalue weighted by Gasteiger charge is -2.32. The summed E-state index contributed by atoms with van der Waals surface area (Å²) in [6, 6.07) is 9.96. The van der Waals surface area contributed by atoms with E-state index in [4.69, 9.17) is 11.6 Å². The Morgan fingerprint density at radius 1 is 1.00 bits per heavy atom. The van der Waals surface area contributed by atoms with Crippen LogP contribution in [0.4, 0.5) is 5.69 Å². The fourth-order valence-corrected chi connectivity index (χ4v) is 5.05. The number of amides is 1. The average molecular weight is 422 g/mol. The first-order chi connectivity index (χ1) is 13.2. The molecule has 1 saturated heterocycles. The molecule has 0 aliphatic carbocycles. The maximum atomic E-state index is 13.1. The Labute approximate surface area is 171 Å². The minimum Gasteiger partial charge on any atom is -0.322 e. The highest BCUT2D eigenvalue weighted by molar-refractivity contribution is 7.89. The molecular formula is C20H24ClN3O3S. The van der Waals surface area contributed by atoms with Crippen molar-refractivity contribution in [2.24, 2.45) is 0 Å². The normalized spacial score (nSPS) is 16.1. The van der Waals surface area contributed by atoms with Gasteiger partial charge in [0.2, 0.25) is 10.0 Å². The lowest BCUT2D eigenvalue weighted by Crippen LogP contribution is -2.47. The number of aryl methyl sites for hydroxylation is 2. The summed E-state index contributed by atoms with van der Waals surface area (Å²) in [4.78, 5) is 15.0. The molecule has 3 rings (SSSR count). The maximum Gasteiger partial charge on any atom is 0.255 e. The van der Waals surface area contributed by atoms with E-state index in [-0.39, 0.29) is 10.8 Å². The number of sulfonamides is 1. The number of anilines is 1. The molecule has 1 amide bonds. The summed E-state index contributed by atoms with van der Waals surface area (Å²) in [5.41, 5.74) is 2.39. The van der Waals surface area contributed by atoms with E-state index in [9.17, 15) is 13.2 Å². The van der Waals surface area contributed by atoms with Crippen molar-refractivity contribution in [1.29, 1.82) is 0 Å². The third-order valence-electron chi connectivity index (χ3n) is 4.97. The number of halogens is 1. The zero-order chi connectivity index (χ0) is 20.5. The first-order valence-corrected chi connectivity index (χ1v) is 10.9. The summed E-state index contributed by atoms with van der Waals surface area (Å²) >= 11 is 5.95. The van der Waals surface area contributed by atoms with Crippen LogP contribution in [0.25, 0.3) is 0 Å². The predicted octanol–water partition coefficient (Wildman–Crippen LogP) is 3.15. The van der Waals surface area contributed by atoms with Crippen molar-refractivity contribution in [1.82, 2.24) is 9.21 Å². The number of hydrogen-bond acceptors (Lipinski definition) is 4. The standard InChI is InChI=1S/C20H24ClN3O3S/c1-14-4-5-16(20(25)22-18-7-6-17(21)12-15(18)2)13-19(14)28(26,27)24-10-8-23(3)9-11-24/h4-7,12-13H,8-11H2,1-3H3,(H,22,25).